The summed E-state index contributed by atoms with van der Waals surface area (Å²) < 4.78 is 14.7. The maximum atomic E-state index is 12.7. The van der Waals surface area contributed by atoms with Crippen LogP contribution in [0.2, 0.25) is 0 Å². The number of nitro groups is 2. The highest BCUT2D eigenvalue weighted by Gasteiger charge is 2.20. The number of carbonyl (C=O) groups excluding carboxylic acids is 3. The largest absolute Gasteiger partial charge is 0.494 e. The van der Waals surface area contributed by atoms with Gasteiger partial charge >= 0.3 is 5.97 Å². The van der Waals surface area contributed by atoms with E-state index in [1.54, 1.807) is 24.3 Å². The number of esters is 1. The first-order chi connectivity index (χ1) is 20.7. The Balaban J connectivity index is 0.00000151. The summed E-state index contributed by atoms with van der Waals surface area (Å²) in [5, 5.41) is 21.9. The Morgan fingerprint density at radius 2 is 1.28 bits per heavy atom. The van der Waals surface area contributed by atoms with Crippen molar-refractivity contribution in [3.05, 3.63) is 115 Å². The first-order valence-electron chi connectivity index (χ1n) is 13.3. The molecule has 0 bridgehead atoms. The number of hydrogen-bond donors (Lipinski definition) is 0. The van der Waals surface area contributed by atoms with Gasteiger partial charge in [0.25, 0.3) is 17.8 Å². The number of methoxy groups -OCH3 is 1. The van der Waals surface area contributed by atoms with Gasteiger partial charge in [0.2, 0.25) is 0 Å². The van der Waals surface area contributed by atoms with E-state index in [9.17, 15) is 29.8 Å². The number of nitrogens with zero attached hydrogens (tertiary/aromatic N) is 2. The number of unbranched alkanes of at least 4 members (excludes halogenated alkanes) is 3. The summed E-state index contributed by atoms with van der Waals surface area (Å²) in [7, 11) is 1.31. The van der Waals surface area contributed by atoms with Crippen molar-refractivity contribution in [1.29, 1.82) is 0 Å². The SMILES string of the molecule is C/C=C/c1ccc(C(=O)c2ccc(OCCCCCCOC(=O)c3cc([N+](=O)[O-])cc([N+](=O)[O-])c3)cc2)cc1.COC=O. The molecule has 0 fully saturated rings. The monoisotopic (exact) mass is 592 g/mol. The van der Waals surface area contributed by atoms with E-state index in [1.165, 1.54) is 7.11 Å². The van der Waals surface area contributed by atoms with Gasteiger partial charge in [-0.25, -0.2) is 4.79 Å². The Bertz CT molecular complexity index is 1390. The van der Waals surface area contributed by atoms with Crippen LogP contribution in [0.1, 0.15) is 64.4 Å². The number of hydrogen-bond acceptors (Lipinski definition) is 10. The fourth-order valence-electron chi connectivity index (χ4n) is 3.73. The zero-order valence-corrected chi connectivity index (χ0v) is 23.8. The molecule has 0 N–H and O–H groups in total. The van der Waals surface area contributed by atoms with Gasteiger partial charge in [0.15, 0.2) is 5.78 Å². The van der Waals surface area contributed by atoms with Crippen molar-refractivity contribution in [1.82, 2.24) is 0 Å². The van der Waals surface area contributed by atoms with Gasteiger partial charge in [-0.1, -0.05) is 36.4 Å². The van der Waals surface area contributed by atoms with Gasteiger partial charge in [-0.15, -0.1) is 0 Å². The topological polar surface area (TPSA) is 165 Å². The smallest absolute Gasteiger partial charge is 0.338 e. The Kier molecular flexibility index (Phi) is 14.3. The van der Waals surface area contributed by atoms with Crippen LogP contribution in [0.5, 0.6) is 5.75 Å². The van der Waals surface area contributed by atoms with Gasteiger partial charge in [0.1, 0.15) is 5.75 Å². The van der Waals surface area contributed by atoms with E-state index in [-0.39, 0.29) is 18.0 Å². The molecule has 0 radical (unpaired) electrons. The lowest BCUT2D eigenvalue weighted by molar-refractivity contribution is -0.394. The van der Waals surface area contributed by atoms with Crippen molar-refractivity contribution in [3.8, 4) is 5.75 Å². The molecule has 43 heavy (non-hydrogen) atoms. The van der Waals surface area contributed by atoms with Crippen LogP contribution in [0, 0.1) is 20.2 Å². The Hall–Kier alpha value is -5.39. The molecule has 0 saturated heterocycles. The van der Waals surface area contributed by atoms with E-state index >= 15 is 0 Å². The van der Waals surface area contributed by atoms with Crippen molar-refractivity contribution in [2.75, 3.05) is 20.3 Å². The first kappa shape index (κ1) is 33.8. The number of ketones is 1. The minimum Gasteiger partial charge on any atom is -0.494 e. The summed E-state index contributed by atoms with van der Waals surface area (Å²) in [4.78, 5) is 54.1. The zero-order chi connectivity index (χ0) is 31.6. The molecule has 0 unspecified atom stereocenters. The number of carbonyl (C=O) groups is 3. The predicted molar refractivity (Wildman–Crippen MR) is 158 cm³/mol. The molecule has 12 heteroatoms. The molecular weight excluding hydrogens is 560 g/mol. The minimum atomic E-state index is -0.849. The van der Waals surface area contributed by atoms with Gasteiger partial charge in [0, 0.05) is 23.3 Å². The Morgan fingerprint density at radius 3 is 1.77 bits per heavy atom. The van der Waals surface area contributed by atoms with E-state index in [0.29, 0.717) is 36.4 Å². The van der Waals surface area contributed by atoms with Crippen LogP contribution in [0.3, 0.4) is 0 Å². The molecule has 0 aromatic heterocycles. The molecule has 0 saturated carbocycles. The third kappa shape index (κ3) is 11.6. The third-order valence-corrected chi connectivity index (χ3v) is 5.85. The molecule has 3 rings (SSSR count). The molecule has 3 aromatic rings. The standard InChI is InChI=1S/C29H28N2O8.C2H4O2/c1-2-7-21-8-10-22(11-9-21)28(32)23-12-14-27(15-13-23)38-16-5-3-4-6-17-39-29(33)24-18-25(30(34)35)20-26(19-24)31(36)37;1-4-2-3/h2,7-15,18-20H,3-6,16-17H2,1H3;2H,1H3/b7-2+;. The summed E-state index contributed by atoms with van der Waals surface area (Å²) in [5.41, 5.74) is 0.899. The number of non-ortho nitro benzene ring substituents is 2. The lowest BCUT2D eigenvalue weighted by Gasteiger charge is -2.08. The highest BCUT2D eigenvalue weighted by atomic mass is 16.6. The van der Waals surface area contributed by atoms with Gasteiger partial charge < -0.3 is 14.2 Å². The van der Waals surface area contributed by atoms with Gasteiger partial charge in [-0.05, 0) is 62.4 Å². The summed E-state index contributed by atoms with van der Waals surface area (Å²) >= 11 is 0. The fraction of sp³-hybridized carbons (Fsp3) is 0.258. The molecule has 0 amide bonds. The molecular formula is C31H32N2O10. The maximum absolute atomic E-state index is 12.7. The molecule has 0 aliphatic heterocycles. The Morgan fingerprint density at radius 1 is 0.767 bits per heavy atom. The van der Waals surface area contributed by atoms with Gasteiger partial charge in [-0.2, -0.15) is 0 Å². The van der Waals surface area contributed by atoms with Crippen LogP contribution in [0.4, 0.5) is 11.4 Å². The van der Waals surface area contributed by atoms with Crippen molar-refractivity contribution in [3.63, 3.8) is 0 Å². The van der Waals surface area contributed by atoms with Crippen LogP contribution in [0.15, 0.2) is 72.8 Å². The van der Waals surface area contributed by atoms with Crippen molar-refractivity contribution in [2.24, 2.45) is 0 Å². The van der Waals surface area contributed by atoms with E-state index in [1.807, 2.05) is 43.3 Å². The molecule has 0 aliphatic carbocycles. The Labute approximate surface area is 248 Å². The summed E-state index contributed by atoms with van der Waals surface area (Å²) in [5.74, 6) is -0.245. The second kappa shape index (κ2) is 18.1. The van der Waals surface area contributed by atoms with E-state index < -0.39 is 27.2 Å². The van der Waals surface area contributed by atoms with Crippen LogP contribution < -0.4 is 4.74 Å². The quantitative estimate of drug-likeness (QED) is 0.0484. The molecule has 226 valence electrons. The zero-order valence-electron chi connectivity index (χ0n) is 23.8. The average molecular weight is 593 g/mol. The second-order valence-corrected chi connectivity index (χ2v) is 8.96. The lowest BCUT2D eigenvalue weighted by Crippen LogP contribution is -2.08. The summed E-state index contributed by atoms with van der Waals surface area (Å²) in [6.07, 6.45) is 6.82. The second-order valence-electron chi connectivity index (χ2n) is 8.96. The lowest BCUT2D eigenvalue weighted by atomic mass is 10.0. The summed E-state index contributed by atoms with van der Waals surface area (Å²) in [6.45, 7) is 2.88. The number of allylic oxidation sites excluding steroid dienone is 1. The molecule has 0 spiro atoms. The third-order valence-electron chi connectivity index (χ3n) is 5.85. The summed E-state index contributed by atoms with van der Waals surface area (Å²) in [6, 6.07) is 17.1. The minimum absolute atomic E-state index is 0.0574. The van der Waals surface area contributed by atoms with E-state index in [0.717, 1.165) is 43.0 Å². The molecule has 12 nitrogen and oxygen atoms in total. The molecule has 0 atom stereocenters. The number of rotatable bonds is 15. The van der Waals surface area contributed by atoms with Crippen LogP contribution >= 0.6 is 0 Å². The van der Waals surface area contributed by atoms with Crippen molar-refractivity contribution in [2.45, 2.75) is 32.6 Å². The van der Waals surface area contributed by atoms with Gasteiger partial charge in [-0.3, -0.25) is 29.8 Å². The van der Waals surface area contributed by atoms with Crippen molar-refractivity contribution >= 4 is 35.7 Å². The van der Waals surface area contributed by atoms with Crippen LogP contribution in [0.25, 0.3) is 6.08 Å². The highest BCUT2D eigenvalue weighted by Crippen LogP contribution is 2.23. The predicted octanol–water partition coefficient (Wildman–Crippen LogP) is 6.35. The molecule has 0 aliphatic rings. The molecule has 0 heterocycles. The van der Waals surface area contributed by atoms with Crippen molar-refractivity contribution < 1.29 is 38.4 Å². The van der Waals surface area contributed by atoms with Crippen LogP contribution in [-0.4, -0.2) is 48.4 Å². The highest BCUT2D eigenvalue weighted by molar-refractivity contribution is 6.09. The average Bonchev–Trinajstić information content (AvgIpc) is 3.02. The fourth-order valence-corrected chi connectivity index (χ4v) is 3.73. The number of ether oxygens (including phenoxy) is 3. The normalized spacial score (nSPS) is 10.3. The first-order valence-corrected chi connectivity index (χ1v) is 13.3. The van der Waals surface area contributed by atoms with E-state index in [4.69, 9.17) is 14.3 Å². The van der Waals surface area contributed by atoms with Crippen LogP contribution in [-0.2, 0) is 14.3 Å². The van der Waals surface area contributed by atoms with E-state index in [2.05, 4.69) is 4.74 Å². The number of benzene rings is 3. The maximum Gasteiger partial charge on any atom is 0.338 e. The van der Waals surface area contributed by atoms with Gasteiger partial charge in [0.05, 0.1) is 41.8 Å². The number of nitro benzene ring substituents is 2. The molecule has 3 aromatic carbocycles.